The van der Waals surface area contributed by atoms with Crippen molar-refractivity contribution in [2.24, 2.45) is 0 Å². The number of nitrogens with one attached hydrogen (secondary N) is 2. The predicted molar refractivity (Wildman–Crippen MR) is 120 cm³/mol. The maximum atomic E-state index is 12.1. The number of nitrogens with zero attached hydrogens (tertiary/aromatic N) is 2. The smallest absolute Gasteiger partial charge is 0.331 e. The SMILES string of the molecule is CCNC(=O)NC(=O)COC(=O)/C=C/c1cn(Cc2ccccc2)nc1-c1ccccc1. The van der Waals surface area contributed by atoms with Crippen LogP contribution in [0.5, 0.6) is 0 Å². The number of imide groups is 1. The first-order valence-corrected chi connectivity index (χ1v) is 10.1. The van der Waals surface area contributed by atoms with Crippen molar-refractivity contribution in [2.75, 3.05) is 13.2 Å². The first-order valence-electron chi connectivity index (χ1n) is 10.1. The zero-order chi connectivity index (χ0) is 22.8. The second kappa shape index (κ2) is 11.3. The van der Waals surface area contributed by atoms with Crippen LogP contribution in [0.15, 0.2) is 72.9 Å². The molecule has 0 saturated carbocycles. The van der Waals surface area contributed by atoms with Gasteiger partial charge in [0.2, 0.25) is 0 Å². The number of esters is 1. The van der Waals surface area contributed by atoms with Crippen LogP contribution in [0.25, 0.3) is 17.3 Å². The molecule has 3 amide bonds. The van der Waals surface area contributed by atoms with Gasteiger partial charge >= 0.3 is 12.0 Å². The van der Waals surface area contributed by atoms with Crippen LogP contribution in [0.2, 0.25) is 0 Å². The Morgan fingerprint density at radius 2 is 1.72 bits per heavy atom. The molecule has 0 atom stereocenters. The molecule has 0 bridgehead atoms. The van der Waals surface area contributed by atoms with E-state index >= 15 is 0 Å². The third-order valence-electron chi connectivity index (χ3n) is 4.36. The summed E-state index contributed by atoms with van der Waals surface area (Å²) in [6.45, 7) is 2.13. The van der Waals surface area contributed by atoms with Crippen LogP contribution in [-0.4, -0.2) is 40.8 Å². The van der Waals surface area contributed by atoms with Crippen molar-refractivity contribution < 1.29 is 19.1 Å². The molecule has 8 nitrogen and oxygen atoms in total. The highest BCUT2D eigenvalue weighted by Gasteiger charge is 2.12. The van der Waals surface area contributed by atoms with Crippen molar-refractivity contribution in [2.45, 2.75) is 13.5 Å². The Bertz CT molecular complexity index is 1090. The summed E-state index contributed by atoms with van der Waals surface area (Å²) in [5.74, 6) is -1.41. The van der Waals surface area contributed by atoms with E-state index in [2.05, 4.69) is 15.7 Å². The normalized spacial score (nSPS) is 10.7. The Hall–Kier alpha value is -4.20. The minimum absolute atomic E-state index is 0.378. The highest BCUT2D eigenvalue weighted by atomic mass is 16.5. The first-order chi connectivity index (χ1) is 15.5. The van der Waals surface area contributed by atoms with E-state index in [-0.39, 0.29) is 0 Å². The molecule has 164 valence electrons. The standard InChI is InChI=1S/C24H24N4O4/c1-2-25-24(31)26-21(29)17-32-22(30)14-13-20-16-28(15-18-9-5-3-6-10-18)27-23(20)19-11-7-4-8-12-19/h3-14,16H,2,15,17H2,1H3,(H2,25,26,29,31)/b14-13+. The van der Waals surface area contributed by atoms with E-state index in [1.165, 1.54) is 6.08 Å². The highest BCUT2D eigenvalue weighted by molar-refractivity contribution is 5.96. The summed E-state index contributed by atoms with van der Waals surface area (Å²) in [7, 11) is 0. The zero-order valence-electron chi connectivity index (χ0n) is 17.7. The molecule has 32 heavy (non-hydrogen) atoms. The fourth-order valence-electron chi connectivity index (χ4n) is 2.94. The average Bonchev–Trinajstić information content (AvgIpc) is 3.20. The molecule has 0 aliphatic heterocycles. The van der Waals surface area contributed by atoms with Crippen LogP contribution >= 0.6 is 0 Å². The Morgan fingerprint density at radius 3 is 2.41 bits per heavy atom. The molecule has 0 fully saturated rings. The van der Waals surface area contributed by atoms with Crippen LogP contribution in [0, 0.1) is 0 Å². The maximum Gasteiger partial charge on any atom is 0.331 e. The van der Waals surface area contributed by atoms with Crippen LogP contribution in [0.3, 0.4) is 0 Å². The summed E-state index contributed by atoms with van der Waals surface area (Å²) in [4.78, 5) is 35.0. The molecular formula is C24H24N4O4. The van der Waals surface area contributed by atoms with Gasteiger partial charge in [-0.1, -0.05) is 60.7 Å². The second-order valence-electron chi connectivity index (χ2n) is 6.83. The number of rotatable bonds is 8. The first kappa shape index (κ1) is 22.5. The minimum atomic E-state index is -0.710. The number of benzene rings is 2. The molecule has 0 saturated heterocycles. The van der Waals surface area contributed by atoms with Crippen LogP contribution in [0.1, 0.15) is 18.1 Å². The number of amides is 3. The van der Waals surface area contributed by atoms with Crippen molar-refractivity contribution >= 4 is 24.0 Å². The molecule has 1 heterocycles. The fraction of sp³-hybridized carbons (Fsp3) is 0.167. The third-order valence-corrected chi connectivity index (χ3v) is 4.36. The monoisotopic (exact) mass is 432 g/mol. The molecule has 0 radical (unpaired) electrons. The minimum Gasteiger partial charge on any atom is -0.452 e. The second-order valence-corrected chi connectivity index (χ2v) is 6.83. The van der Waals surface area contributed by atoms with Crippen LogP contribution in [-0.2, 0) is 20.9 Å². The van der Waals surface area contributed by atoms with Crippen molar-refractivity contribution in [3.63, 3.8) is 0 Å². The molecule has 3 aromatic rings. The van der Waals surface area contributed by atoms with E-state index in [4.69, 9.17) is 4.74 Å². The number of aromatic nitrogens is 2. The molecule has 0 unspecified atom stereocenters. The Morgan fingerprint density at radius 1 is 1.03 bits per heavy atom. The summed E-state index contributed by atoms with van der Waals surface area (Å²) < 4.78 is 6.72. The Labute approximate surface area is 185 Å². The molecule has 8 heteroatoms. The number of carbonyl (C=O) groups excluding carboxylic acids is 3. The van der Waals surface area contributed by atoms with Crippen molar-refractivity contribution in [3.05, 3.63) is 84.1 Å². The lowest BCUT2D eigenvalue weighted by Crippen LogP contribution is -2.41. The molecule has 0 spiro atoms. The lowest BCUT2D eigenvalue weighted by Gasteiger charge is -2.04. The van der Waals surface area contributed by atoms with Gasteiger partial charge in [-0.15, -0.1) is 0 Å². The lowest BCUT2D eigenvalue weighted by molar-refractivity contribution is -0.143. The van der Waals surface area contributed by atoms with Crippen molar-refractivity contribution in [1.29, 1.82) is 0 Å². The van der Waals surface area contributed by atoms with Gasteiger partial charge in [0.15, 0.2) is 6.61 Å². The molecular weight excluding hydrogens is 408 g/mol. The fourth-order valence-corrected chi connectivity index (χ4v) is 2.94. The van der Waals surface area contributed by atoms with E-state index in [1.54, 1.807) is 13.0 Å². The van der Waals surface area contributed by atoms with E-state index in [0.717, 1.165) is 22.4 Å². The number of hydrogen-bond acceptors (Lipinski definition) is 5. The molecule has 1 aromatic heterocycles. The molecule has 2 N–H and O–H groups in total. The molecule has 3 rings (SSSR count). The number of hydrogen-bond donors (Lipinski definition) is 2. The quantitative estimate of drug-likeness (QED) is 0.421. The van der Waals surface area contributed by atoms with E-state index in [1.807, 2.05) is 71.5 Å². The Balaban J connectivity index is 1.70. The van der Waals surface area contributed by atoms with Gasteiger partial charge in [0.25, 0.3) is 5.91 Å². The summed E-state index contributed by atoms with van der Waals surface area (Å²) in [6.07, 6.45) is 4.68. The summed E-state index contributed by atoms with van der Waals surface area (Å²) in [5, 5.41) is 9.16. The highest BCUT2D eigenvalue weighted by Crippen LogP contribution is 2.23. The van der Waals surface area contributed by atoms with E-state index in [0.29, 0.717) is 13.1 Å². The van der Waals surface area contributed by atoms with Crippen LogP contribution < -0.4 is 10.6 Å². The van der Waals surface area contributed by atoms with Gasteiger partial charge in [-0.25, -0.2) is 9.59 Å². The number of urea groups is 1. The van der Waals surface area contributed by atoms with Gasteiger partial charge < -0.3 is 10.1 Å². The van der Waals surface area contributed by atoms with Crippen molar-refractivity contribution in [3.8, 4) is 11.3 Å². The van der Waals surface area contributed by atoms with Gasteiger partial charge in [-0.2, -0.15) is 5.10 Å². The Kier molecular flexibility index (Phi) is 7.91. The summed E-state index contributed by atoms with van der Waals surface area (Å²) >= 11 is 0. The summed E-state index contributed by atoms with van der Waals surface area (Å²) in [5.41, 5.74) is 3.46. The predicted octanol–water partition coefficient (Wildman–Crippen LogP) is 3.00. The molecule has 0 aliphatic carbocycles. The van der Waals surface area contributed by atoms with E-state index in [9.17, 15) is 14.4 Å². The van der Waals surface area contributed by atoms with Crippen LogP contribution in [0.4, 0.5) is 4.79 Å². The maximum absolute atomic E-state index is 12.1. The third kappa shape index (κ3) is 6.66. The number of ether oxygens (including phenoxy) is 1. The largest absolute Gasteiger partial charge is 0.452 e. The topological polar surface area (TPSA) is 102 Å². The van der Waals surface area contributed by atoms with Gasteiger partial charge in [0.05, 0.1) is 12.2 Å². The van der Waals surface area contributed by atoms with E-state index < -0.39 is 24.5 Å². The lowest BCUT2D eigenvalue weighted by atomic mass is 10.1. The van der Waals surface area contributed by atoms with Gasteiger partial charge in [-0.3, -0.25) is 14.8 Å². The number of carbonyl (C=O) groups is 3. The van der Waals surface area contributed by atoms with Crippen molar-refractivity contribution in [1.82, 2.24) is 20.4 Å². The zero-order valence-corrected chi connectivity index (χ0v) is 17.7. The van der Waals surface area contributed by atoms with Gasteiger partial charge in [0.1, 0.15) is 0 Å². The average molecular weight is 432 g/mol. The molecule has 0 aliphatic rings. The molecule has 2 aromatic carbocycles. The summed E-state index contributed by atoms with van der Waals surface area (Å²) in [6, 6.07) is 18.9. The van der Waals surface area contributed by atoms with Gasteiger partial charge in [0, 0.05) is 29.9 Å². The van der Waals surface area contributed by atoms with Gasteiger partial charge in [-0.05, 0) is 18.6 Å².